The van der Waals surface area contributed by atoms with Gasteiger partial charge in [0.15, 0.2) is 0 Å². The van der Waals surface area contributed by atoms with Crippen LogP contribution in [0.1, 0.15) is 74.9 Å². The lowest BCUT2D eigenvalue weighted by Crippen LogP contribution is -2.42. The first-order chi connectivity index (χ1) is 21.2. The number of hydrogen-bond donors (Lipinski definition) is 3. The fourth-order valence-electron chi connectivity index (χ4n) is 4.70. The highest BCUT2D eigenvalue weighted by molar-refractivity contribution is 7.18. The number of amides is 2. The lowest BCUT2D eigenvalue weighted by molar-refractivity contribution is -0.121. The van der Waals surface area contributed by atoms with Crippen molar-refractivity contribution in [1.82, 2.24) is 20.5 Å². The van der Waals surface area contributed by atoms with Gasteiger partial charge in [0.2, 0.25) is 11.8 Å². The zero-order chi connectivity index (χ0) is 32.2. The van der Waals surface area contributed by atoms with Gasteiger partial charge >= 0.3 is 0 Å². The van der Waals surface area contributed by atoms with Crippen molar-refractivity contribution in [3.63, 3.8) is 0 Å². The molecule has 1 aliphatic rings. The molecule has 8 nitrogen and oxygen atoms in total. The van der Waals surface area contributed by atoms with E-state index in [0.717, 1.165) is 36.3 Å². The molecule has 0 radical (unpaired) electrons. The van der Waals surface area contributed by atoms with Crippen LogP contribution in [0.15, 0.2) is 60.7 Å². The maximum atomic E-state index is 12.5. The fraction of sp³-hybridized carbons (Fsp3) is 0.486. The van der Waals surface area contributed by atoms with Crippen LogP contribution < -0.4 is 16.4 Å². The average molecular weight is 622 g/mol. The first kappa shape index (κ1) is 36.8. The number of likely N-dealkylation sites (tertiary alicyclic amines) is 1. The predicted molar refractivity (Wildman–Crippen MR) is 183 cm³/mol. The molecule has 0 aliphatic carbocycles. The van der Waals surface area contributed by atoms with Gasteiger partial charge in [-0.1, -0.05) is 69.7 Å². The molecule has 1 aromatic heterocycles. The Morgan fingerprint density at radius 1 is 1.09 bits per heavy atom. The normalized spacial score (nSPS) is 13.9. The molecule has 0 saturated carbocycles. The van der Waals surface area contributed by atoms with Crippen LogP contribution in [0.5, 0.6) is 0 Å². The first-order valence-corrected chi connectivity index (χ1v) is 16.6. The van der Waals surface area contributed by atoms with Crippen molar-refractivity contribution < 1.29 is 14.4 Å². The van der Waals surface area contributed by atoms with Crippen molar-refractivity contribution in [1.29, 1.82) is 0 Å². The number of thiazole rings is 1. The Labute approximate surface area is 267 Å². The molecular weight excluding hydrogens is 570 g/mol. The summed E-state index contributed by atoms with van der Waals surface area (Å²) < 4.78 is 1.21. The summed E-state index contributed by atoms with van der Waals surface area (Å²) >= 11 is 1.70. The number of nitrogens with zero attached hydrogens (tertiary/aromatic N) is 2. The minimum Gasteiger partial charge on any atom is -0.370 e. The van der Waals surface area contributed by atoms with Crippen molar-refractivity contribution in [2.24, 2.45) is 5.73 Å². The van der Waals surface area contributed by atoms with Crippen LogP contribution in [0.4, 0.5) is 0 Å². The number of nitrogens with two attached hydrogens (primary N) is 1. The molecule has 2 amide bonds. The van der Waals surface area contributed by atoms with E-state index in [-0.39, 0.29) is 17.9 Å². The van der Waals surface area contributed by atoms with E-state index >= 15 is 0 Å². The molecule has 1 atom stereocenters. The van der Waals surface area contributed by atoms with Crippen LogP contribution in [0.25, 0.3) is 10.2 Å². The minimum absolute atomic E-state index is 0.0818. The fourth-order valence-corrected chi connectivity index (χ4v) is 5.72. The third-order valence-corrected chi connectivity index (χ3v) is 8.28. The summed E-state index contributed by atoms with van der Waals surface area (Å²) in [6.45, 7) is 10.2. The Balaban J connectivity index is 0.000000347. The number of piperidine rings is 1. The second-order valence-electron chi connectivity index (χ2n) is 11.2. The molecule has 1 unspecified atom stereocenters. The molecule has 0 bridgehead atoms. The zero-order valence-electron chi connectivity index (χ0n) is 26.9. The maximum Gasteiger partial charge on any atom is 0.220 e. The largest absolute Gasteiger partial charge is 0.370 e. The van der Waals surface area contributed by atoms with E-state index in [9.17, 15) is 14.4 Å². The molecule has 4 rings (SSSR count). The third-order valence-electron chi connectivity index (χ3n) is 7.21. The van der Waals surface area contributed by atoms with E-state index in [1.54, 1.807) is 24.3 Å². The SMILES string of the molecule is CCC(N)=O.CNCC(Cc1ccccc1)NC(=O)CCc1nc2ccc(C(C)C)cc2s1.O=C/C=C/CN1CCCCC1. The van der Waals surface area contributed by atoms with E-state index in [0.29, 0.717) is 25.2 Å². The molecule has 3 aromatic rings. The molecule has 1 aliphatic heterocycles. The van der Waals surface area contributed by atoms with Gasteiger partial charge in [-0.25, -0.2) is 4.98 Å². The Morgan fingerprint density at radius 2 is 1.80 bits per heavy atom. The maximum absolute atomic E-state index is 12.5. The van der Waals surface area contributed by atoms with Gasteiger partial charge in [0.25, 0.3) is 0 Å². The summed E-state index contributed by atoms with van der Waals surface area (Å²) in [7, 11) is 1.91. The number of aromatic nitrogens is 1. The molecule has 44 heavy (non-hydrogen) atoms. The summed E-state index contributed by atoms with van der Waals surface area (Å²) in [6.07, 6.45) is 10.8. The Kier molecular flexibility index (Phi) is 17.8. The van der Waals surface area contributed by atoms with Crippen molar-refractivity contribution in [2.75, 3.05) is 33.2 Å². The zero-order valence-corrected chi connectivity index (χ0v) is 27.7. The molecule has 0 spiro atoms. The van der Waals surface area contributed by atoms with E-state index in [1.807, 2.05) is 31.3 Å². The number of rotatable bonds is 13. The number of nitrogens with one attached hydrogen (secondary N) is 2. The van der Waals surface area contributed by atoms with E-state index in [2.05, 4.69) is 65.4 Å². The lowest BCUT2D eigenvalue weighted by atomic mass is 10.0. The van der Waals surface area contributed by atoms with Crippen molar-refractivity contribution in [3.8, 4) is 0 Å². The number of fused-ring (bicyclic) bond motifs is 1. The monoisotopic (exact) mass is 621 g/mol. The van der Waals surface area contributed by atoms with E-state index in [4.69, 9.17) is 4.98 Å². The van der Waals surface area contributed by atoms with Gasteiger partial charge in [-0.15, -0.1) is 11.3 Å². The molecule has 240 valence electrons. The molecule has 2 aromatic carbocycles. The summed E-state index contributed by atoms with van der Waals surface area (Å²) in [5, 5.41) is 7.37. The summed E-state index contributed by atoms with van der Waals surface area (Å²) in [4.78, 5) is 39.1. The van der Waals surface area contributed by atoms with Crippen molar-refractivity contribution >= 4 is 39.7 Å². The summed E-state index contributed by atoms with van der Waals surface area (Å²) in [5.74, 6) is 0.345. The highest BCUT2D eigenvalue weighted by Gasteiger charge is 2.14. The first-order valence-electron chi connectivity index (χ1n) is 15.7. The van der Waals surface area contributed by atoms with Crippen LogP contribution in [0.3, 0.4) is 0 Å². The molecule has 4 N–H and O–H groups in total. The number of hydrogen-bond acceptors (Lipinski definition) is 7. The van der Waals surface area contributed by atoms with Crippen molar-refractivity contribution in [2.45, 2.75) is 77.7 Å². The van der Waals surface area contributed by atoms with Crippen LogP contribution in [-0.2, 0) is 27.2 Å². The number of benzene rings is 2. The van der Waals surface area contributed by atoms with Gasteiger partial charge in [-0.3, -0.25) is 19.3 Å². The number of allylic oxidation sites excluding steroid dienone is 1. The molecule has 2 heterocycles. The molecule has 1 fully saturated rings. The molecular formula is C35H51N5O3S. The Hall–Kier alpha value is -3.40. The number of likely N-dealkylation sites (N-methyl/N-ethyl adjacent to an activating group) is 1. The summed E-state index contributed by atoms with van der Waals surface area (Å²) in [6, 6.07) is 16.8. The standard InChI is InChI=1S/C23H29N3OS.C9H15NO.C3H7NO/c1-16(2)18-9-10-20-21(14-18)28-23(26-20)12-11-22(27)25-19(15-24-3)13-17-7-5-4-6-8-17;11-9-5-4-8-10-6-2-1-3-7-10;1-2-3(4)5/h4-10,14,16,19,24H,11-13,15H2,1-3H3,(H,25,27);4-5,9H,1-3,6-8H2;2H2,1H3,(H2,4,5)/b;5-4+;. The second-order valence-corrected chi connectivity index (χ2v) is 12.4. The lowest BCUT2D eigenvalue weighted by Gasteiger charge is -2.24. The van der Waals surface area contributed by atoms with E-state index in [1.165, 1.54) is 48.2 Å². The highest BCUT2D eigenvalue weighted by Crippen LogP contribution is 2.27. The third kappa shape index (κ3) is 14.9. The Morgan fingerprint density at radius 3 is 2.41 bits per heavy atom. The number of primary amides is 1. The van der Waals surface area contributed by atoms with Gasteiger partial charge in [-0.05, 0) is 74.7 Å². The van der Waals surface area contributed by atoms with Gasteiger partial charge in [0.1, 0.15) is 6.29 Å². The number of aryl methyl sites for hydroxylation is 1. The van der Waals surface area contributed by atoms with Crippen LogP contribution in [0, 0.1) is 0 Å². The van der Waals surface area contributed by atoms with E-state index < -0.39 is 0 Å². The predicted octanol–water partition coefficient (Wildman–Crippen LogP) is 5.41. The molecule has 1 saturated heterocycles. The van der Waals surface area contributed by atoms with Gasteiger partial charge in [0, 0.05) is 38.4 Å². The average Bonchev–Trinajstić information content (AvgIpc) is 3.44. The van der Waals surface area contributed by atoms with Gasteiger partial charge in [-0.2, -0.15) is 0 Å². The number of carbonyl (C=O) groups is 3. The quantitative estimate of drug-likeness (QED) is 0.174. The van der Waals surface area contributed by atoms with Crippen molar-refractivity contribution in [3.05, 3.63) is 76.8 Å². The molecule has 9 heteroatoms. The highest BCUT2D eigenvalue weighted by atomic mass is 32.1. The van der Waals surface area contributed by atoms with Gasteiger partial charge < -0.3 is 16.4 Å². The second kappa shape index (κ2) is 21.3. The number of carbonyl (C=O) groups excluding carboxylic acids is 3. The summed E-state index contributed by atoms with van der Waals surface area (Å²) in [5.41, 5.74) is 8.24. The van der Waals surface area contributed by atoms with Crippen LogP contribution in [-0.4, -0.2) is 67.3 Å². The minimum atomic E-state index is -0.245. The van der Waals surface area contributed by atoms with Crippen LogP contribution in [0.2, 0.25) is 0 Å². The van der Waals surface area contributed by atoms with Crippen LogP contribution >= 0.6 is 11.3 Å². The topological polar surface area (TPSA) is 117 Å². The van der Waals surface area contributed by atoms with Gasteiger partial charge in [0.05, 0.1) is 15.2 Å². The smallest absolute Gasteiger partial charge is 0.220 e. The Bertz CT molecular complexity index is 1290. The number of aldehydes is 1.